The molecule has 0 aromatic heterocycles. The van der Waals surface area contributed by atoms with Gasteiger partial charge in [-0.15, -0.1) is 0 Å². The van der Waals surface area contributed by atoms with E-state index in [0.29, 0.717) is 5.92 Å². The van der Waals surface area contributed by atoms with Crippen molar-refractivity contribution in [2.24, 2.45) is 16.1 Å². The summed E-state index contributed by atoms with van der Waals surface area (Å²) in [6.45, 7) is -0.643. The molecule has 5 rings (SSSR count). The summed E-state index contributed by atoms with van der Waals surface area (Å²) in [6, 6.07) is 6.62. The molecular formula is C22H28FN3O2. The number of aliphatic imine (C=N–C) groups is 1. The van der Waals surface area contributed by atoms with E-state index in [-0.39, 0.29) is 29.9 Å². The van der Waals surface area contributed by atoms with Crippen LogP contribution in [0, 0.1) is 5.41 Å². The number of alkyl halides is 1. The van der Waals surface area contributed by atoms with Gasteiger partial charge in [-0.1, -0.05) is 18.2 Å². The van der Waals surface area contributed by atoms with Gasteiger partial charge in [0.25, 0.3) is 5.91 Å². The Morgan fingerprint density at radius 2 is 2.04 bits per heavy atom. The zero-order chi connectivity index (χ0) is 19.5. The Bertz CT molecular complexity index is 842. The molecule has 1 aliphatic heterocycles. The summed E-state index contributed by atoms with van der Waals surface area (Å²) < 4.78 is 18.7. The van der Waals surface area contributed by atoms with Crippen molar-refractivity contribution in [2.75, 3.05) is 20.3 Å². The van der Waals surface area contributed by atoms with Crippen LogP contribution in [0.1, 0.15) is 61.1 Å². The van der Waals surface area contributed by atoms with Gasteiger partial charge < -0.3 is 10.5 Å². The largest absolute Gasteiger partial charge is 0.381 e. The number of carbonyl (C=O) groups is 1. The lowest BCUT2D eigenvalue weighted by Crippen LogP contribution is -2.52. The molecule has 28 heavy (non-hydrogen) atoms. The molecule has 1 heterocycles. The van der Waals surface area contributed by atoms with E-state index in [0.717, 1.165) is 37.7 Å². The van der Waals surface area contributed by atoms with Gasteiger partial charge in [-0.05, 0) is 67.6 Å². The predicted octanol–water partition coefficient (Wildman–Crippen LogP) is 3.02. The molecule has 6 heteroatoms. The number of carbonyl (C=O) groups excluding carboxylic acids is 1. The SMILES string of the molecule is COC1CCC2(CC1)Cc1ccc(C3CC3)cc1C21N=C(N)N(CCF)C1=O. The Balaban J connectivity index is 1.64. The molecule has 5 nitrogen and oxygen atoms in total. The third-order valence-electron chi connectivity index (χ3n) is 7.51. The van der Waals surface area contributed by atoms with Gasteiger partial charge in [-0.25, -0.2) is 9.38 Å². The number of benzene rings is 1. The molecule has 0 bridgehead atoms. The van der Waals surface area contributed by atoms with Crippen LogP contribution >= 0.6 is 0 Å². The number of methoxy groups -OCH3 is 1. The van der Waals surface area contributed by atoms with E-state index < -0.39 is 12.2 Å². The van der Waals surface area contributed by atoms with Gasteiger partial charge >= 0.3 is 0 Å². The fourth-order valence-electron chi connectivity index (χ4n) is 5.85. The third-order valence-corrected chi connectivity index (χ3v) is 7.51. The maximum Gasteiger partial charge on any atom is 0.262 e. The lowest BCUT2D eigenvalue weighted by atomic mass is 9.61. The highest BCUT2D eigenvalue weighted by atomic mass is 19.1. The number of rotatable bonds is 4. The zero-order valence-corrected chi connectivity index (χ0v) is 16.4. The molecule has 3 aliphatic carbocycles. The number of nitrogens with two attached hydrogens (primary N) is 1. The second kappa shape index (κ2) is 6.28. The average molecular weight is 385 g/mol. The molecule has 1 amide bonds. The number of amides is 1. The Kier molecular flexibility index (Phi) is 4.06. The first-order chi connectivity index (χ1) is 13.5. The number of ether oxygens (including phenoxy) is 1. The average Bonchev–Trinajstić information content (AvgIpc) is 3.48. The van der Waals surface area contributed by atoms with Crippen LogP contribution in [0.2, 0.25) is 0 Å². The Labute approximate surface area is 165 Å². The van der Waals surface area contributed by atoms with Crippen molar-refractivity contribution in [1.29, 1.82) is 0 Å². The highest BCUT2D eigenvalue weighted by Crippen LogP contribution is 2.62. The monoisotopic (exact) mass is 385 g/mol. The summed E-state index contributed by atoms with van der Waals surface area (Å²) in [5.74, 6) is 0.633. The summed E-state index contributed by atoms with van der Waals surface area (Å²) in [5, 5.41) is 0. The summed E-state index contributed by atoms with van der Waals surface area (Å²) in [7, 11) is 1.75. The molecule has 1 aromatic carbocycles. The van der Waals surface area contributed by atoms with E-state index >= 15 is 0 Å². The quantitative estimate of drug-likeness (QED) is 0.866. The number of halogens is 1. The van der Waals surface area contributed by atoms with E-state index in [9.17, 15) is 9.18 Å². The number of guanidine groups is 1. The topological polar surface area (TPSA) is 67.9 Å². The van der Waals surface area contributed by atoms with Crippen LogP contribution in [0.3, 0.4) is 0 Å². The Hall–Kier alpha value is -1.95. The molecule has 2 N–H and O–H groups in total. The van der Waals surface area contributed by atoms with Crippen molar-refractivity contribution in [3.05, 3.63) is 34.9 Å². The van der Waals surface area contributed by atoms with Crippen LogP contribution in [0.4, 0.5) is 4.39 Å². The first kappa shape index (κ1) is 18.1. The number of hydrogen-bond acceptors (Lipinski definition) is 4. The minimum absolute atomic E-state index is 0.0235. The van der Waals surface area contributed by atoms with E-state index in [2.05, 4.69) is 18.2 Å². The fourth-order valence-corrected chi connectivity index (χ4v) is 5.85. The van der Waals surface area contributed by atoms with Crippen molar-refractivity contribution in [3.63, 3.8) is 0 Å². The molecule has 0 radical (unpaired) electrons. The first-order valence-corrected chi connectivity index (χ1v) is 10.4. The van der Waals surface area contributed by atoms with Crippen LogP contribution in [-0.4, -0.2) is 43.2 Å². The van der Waals surface area contributed by atoms with E-state index in [1.807, 2.05) is 0 Å². The summed E-state index contributed by atoms with van der Waals surface area (Å²) in [4.78, 5) is 20.0. The minimum Gasteiger partial charge on any atom is -0.381 e. The van der Waals surface area contributed by atoms with Gasteiger partial charge in [-0.3, -0.25) is 9.69 Å². The standard InChI is InChI=1S/C22H28FN3O2/c1-28-17-6-8-21(9-7-17)13-16-5-4-15(14-2-3-14)12-18(16)22(21)19(27)26(11-10-23)20(24)25-22/h4-5,12,14,17H,2-3,6-11,13H2,1H3,(H2,24,25). The van der Waals surface area contributed by atoms with Gasteiger partial charge in [0.15, 0.2) is 11.5 Å². The first-order valence-electron chi connectivity index (χ1n) is 10.4. The normalized spacial score (nSPS) is 34.4. The maximum absolute atomic E-state index is 13.7. The van der Waals surface area contributed by atoms with E-state index in [1.54, 1.807) is 7.11 Å². The molecule has 150 valence electrons. The molecule has 1 unspecified atom stereocenters. The van der Waals surface area contributed by atoms with Crippen LogP contribution in [0.15, 0.2) is 23.2 Å². The minimum atomic E-state index is -0.995. The molecule has 2 fully saturated rings. The predicted molar refractivity (Wildman–Crippen MR) is 105 cm³/mol. The Morgan fingerprint density at radius 1 is 1.29 bits per heavy atom. The fraction of sp³-hybridized carbons (Fsp3) is 0.636. The highest BCUT2D eigenvalue weighted by Gasteiger charge is 2.66. The molecule has 2 spiro atoms. The lowest BCUT2D eigenvalue weighted by Gasteiger charge is -2.45. The van der Waals surface area contributed by atoms with Crippen LogP contribution < -0.4 is 5.73 Å². The van der Waals surface area contributed by atoms with Crippen LogP contribution in [0.25, 0.3) is 0 Å². The van der Waals surface area contributed by atoms with Crippen molar-refractivity contribution < 1.29 is 13.9 Å². The smallest absolute Gasteiger partial charge is 0.262 e. The molecule has 0 saturated heterocycles. The molecule has 2 saturated carbocycles. The van der Waals surface area contributed by atoms with Crippen molar-refractivity contribution in [1.82, 2.24) is 4.90 Å². The van der Waals surface area contributed by atoms with Gasteiger partial charge in [0.1, 0.15) is 6.67 Å². The summed E-state index contributed by atoms with van der Waals surface area (Å²) >= 11 is 0. The summed E-state index contributed by atoms with van der Waals surface area (Å²) in [5.41, 5.74) is 8.41. The second-order valence-electron chi connectivity index (χ2n) is 8.91. The van der Waals surface area contributed by atoms with Crippen molar-refractivity contribution in [2.45, 2.75) is 62.5 Å². The summed E-state index contributed by atoms with van der Waals surface area (Å²) in [6.07, 6.45) is 7.03. The zero-order valence-electron chi connectivity index (χ0n) is 16.4. The molecule has 1 aromatic rings. The van der Waals surface area contributed by atoms with Gasteiger partial charge in [0.05, 0.1) is 12.6 Å². The maximum atomic E-state index is 13.7. The molecule has 1 atom stereocenters. The lowest BCUT2D eigenvalue weighted by molar-refractivity contribution is -0.138. The second-order valence-corrected chi connectivity index (χ2v) is 8.91. The highest BCUT2D eigenvalue weighted by molar-refractivity contribution is 6.08. The van der Waals surface area contributed by atoms with Crippen LogP contribution in [-0.2, 0) is 21.5 Å². The molecular weight excluding hydrogens is 357 g/mol. The number of nitrogens with zero attached hydrogens (tertiary/aromatic N) is 2. The van der Waals surface area contributed by atoms with Crippen molar-refractivity contribution >= 4 is 11.9 Å². The van der Waals surface area contributed by atoms with Crippen molar-refractivity contribution in [3.8, 4) is 0 Å². The van der Waals surface area contributed by atoms with Gasteiger partial charge in [0.2, 0.25) is 0 Å². The van der Waals surface area contributed by atoms with Crippen LogP contribution in [0.5, 0.6) is 0 Å². The number of hydrogen-bond donors (Lipinski definition) is 1. The van der Waals surface area contributed by atoms with E-state index in [4.69, 9.17) is 15.5 Å². The third kappa shape index (κ3) is 2.33. The van der Waals surface area contributed by atoms with Gasteiger partial charge in [0, 0.05) is 12.5 Å². The molecule has 4 aliphatic rings. The van der Waals surface area contributed by atoms with E-state index in [1.165, 1.54) is 28.9 Å². The van der Waals surface area contributed by atoms with Gasteiger partial charge in [-0.2, -0.15) is 0 Å². The number of fused-ring (bicyclic) bond motifs is 3. The Morgan fingerprint density at radius 3 is 2.68 bits per heavy atom.